The first-order chi connectivity index (χ1) is 10.1. The maximum atomic E-state index is 5.70. The molecule has 0 bridgehead atoms. The molecule has 0 radical (unpaired) electrons. The van der Waals surface area contributed by atoms with Gasteiger partial charge in [0.15, 0.2) is 0 Å². The fourth-order valence-corrected chi connectivity index (χ4v) is 3.43. The highest BCUT2D eigenvalue weighted by atomic mass is 15.2. The zero-order chi connectivity index (χ0) is 15.2. The Labute approximate surface area is 130 Å². The van der Waals surface area contributed by atoms with Crippen LogP contribution in [0.25, 0.3) is 0 Å². The highest BCUT2D eigenvalue weighted by Crippen LogP contribution is 2.30. The van der Waals surface area contributed by atoms with E-state index in [4.69, 9.17) is 5.73 Å². The quantitative estimate of drug-likeness (QED) is 0.811. The van der Waals surface area contributed by atoms with Crippen molar-refractivity contribution in [2.75, 3.05) is 18.0 Å². The predicted molar refractivity (Wildman–Crippen MR) is 93.0 cm³/mol. The average molecular weight is 288 g/mol. The molecule has 2 nitrogen and oxygen atoms in total. The third-order valence-corrected chi connectivity index (χ3v) is 4.78. The summed E-state index contributed by atoms with van der Waals surface area (Å²) in [7, 11) is 0. The van der Waals surface area contributed by atoms with Crippen LogP contribution in [-0.4, -0.2) is 19.1 Å². The van der Waals surface area contributed by atoms with E-state index in [2.05, 4.69) is 43.9 Å². The van der Waals surface area contributed by atoms with E-state index in [1.807, 2.05) is 0 Å². The van der Waals surface area contributed by atoms with Gasteiger partial charge in [-0.05, 0) is 68.3 Å². The zero-order valence-electron chi connectivity index (χ0n) is 14.1. The van der Waals surface area contributed by atoms with E-state index in [0.717, 1.165) is 24.9 Å². The number of hydrogen-bond donors (Lipinski definition) is 1. The summed E-state index contributed by atoms with van der Waals surface area (Å²) in [6.45, 7) is 8.80. The van der Waals surface area contributed by atoms with Crippen LogP contribution in [0.1, 0.15) is 57.1 Å². The van der Waals surface area contributed by atoms with Crippen LogP contribution in [0.5, 0.6) is 0 Å². The summed E-state index contributed by atoms with van der Waals surface area (Å²) < 4.78 is 0. The highest BCUT2D eigenvalue weighted by molar-refractivity contribution is 5.52. The van der Waals surface area contributed by atoms with Gasteiger partial charge in [0.05, 0.1) is 0 Å². The molecule has 0 saturated heterocycles. The third-order valence-electron chi connectivity index (χ3n) is 4.78. The normalized spacial score (nSPS) is 15.9. The molecule has 2 N–H and O–H groups in total. The van der Waals surface area contributed by atoms with Gasteiger partial charge in [-0.25, -0.2) is 0 Å². The lowest BCUT2D eigenvalue weighted by Crippen LogP contribution is -2.34. The molecule has 0 heterocycles. The van der Waals surface area contributed by atoms with Crippen LogP contribution < -0.4 is 10.6 Å². The standard InChI is InChI=1S/C19H32N2/c1-15(2)11-13-21(18-6-4-5-7-18)19-9-8-17(10-12-20)16(3)14-19/h8-9,14-15,18H,4-7,10-13,20H2,1-3H3. The second-order valence-electron chi connectivity index (χ2n) is 6.96. The average Bonchev–Trinajstić information content (AvgIpc) is 2.96. The van der Waals surface area contributed by atoms with Gasteiger partial charge < -0.3 is 10.6 Å². The minimum Gasteiger partial charge on any atom is -0.369 e. The van der Waals surface area contributed by atoms with E-state index in [0.29, 0.717) is 0 Å². The molecule has 2 rings (SSSR count). The van der Waals surface area contributed by atoms with Crippen molar-refractivity contribution >= 4 is 5.69 Å². The van der Waals surface area contributed by atoms with Crippen LogP contribution in [0, 0.1) is 12.8 Å². The summed E-state index contributed by atoms with van der Waals surface area (Å²) in [5.74, 6) is 0.770. The first-order valence-electron chi connectivity index (χ1n) is 8.68. The van der Waals surface area contributed by atoms with E-state index in [1.54, 1.807) is 0 Å². The van der Waals surface area contributed by atoms with Gasteiger partial charge in [-0.2, -0.15) is 0 Å². The number of benzene rings is 1. The van der Waals surface area contributed by atoms with E-state index < -0.39 is 0 Å². The SMILES string of the molecule is Cc1cc(N(CCC(C)C)C2CCCC2)ccc1CCN. The lowest BCUT2D eigenvalue weighted by atomic mass is 10.0. The fourth-order valence-electron chi connectivity index (χ4n) is 3.43. The van der Waals surface area contributed by atoms with Crippen LogP contribution in [0.3, 0.4) is 0 Å². The molecule has 0 atom stereocenters. The van der Waals surface area contributed by atoms with Gasteiger partial charge in [0, 0.05) is 18.3 Å². The van der Waals surface area contributed by atoms with Gasteiger partial charge >= 0.3 is 0 Å². The molecule has 1 aromatic rings. The zero-order valence-corrected chi connectivity index (χ0v) is 14.1. The number of hydrogen-bond acceptors (Lipinski definition) is 2. The predicted octanol–water partition coefficient (Wildman–Crippen LogP) is 4.29. The Balaban J connectivity index is 2.16. The van der Waals surface area contributed by atoms with Crippen molar-refractivity contribution in [1.82, 2.24) is 0 Å². The maximum Gasteiger partial charge on any atom is 0.0371 e. The molecule has 0 amide bonds. The Bertz CT molecular complexity index is 433. The summed E-state index contributed by atoms with van der Waals surface area (Å²) in [5.41, 5.74) is 9.91. The van der Waals surface area contributed by atoms with Gasteiger partial charge in [0.1, 0.15) is 0 Å². The minimum atomic E-state index is 0.736. The first-order valence-corrected chi connectivity index (χ1v) is 8.68. The van der Waals surface area contributed by atoms with E-state index >= 15 is 0 Å². The molecule has 118 valence electrons. The van der Waals surface area contributed by atoms with Crippen molar-refractivity contribution in [2.45, 2.75) is 65.3 Å². The van der Waals surface area contributed by atoms with Crippen LogP contribution >= 0.6 is 0 Å². The van der Waals surface area contributed by atoms with Gasteiger partial charge in [-0.15, -0.1) is 0 Å². The lowest BCUT2D eigenvalue weighted by molar-refractivity contribution is 0.528. The van der Waals surface area contributed by atoms with Gasteiger partial charge in [0.25, 0.3) is 0 Å². The summed E-state index contributed by atoms with van der Waals surface area (Å²) in [4.78, 5) is 2.67. The molecule has 1 aliphatic carbocycles. The highest BCUT2D eigenvalue weighted by Gasteiger charge is 2.23. The molecule has 0 spiro atoms. The Hall–Kier alpha value is -1.02. The van der Waals surface area contributed by atoms with Crippen molar-refractivity contribution < 1.29 is 0 Å². The maximum absolute atomic E-state index is 5.70. The van der Waals surface area contributed by atoms with Gasteiger partial charge in [0.2, 0.25) is 0 Å². The number of nitrogens with two attached hydrogens (primary N) is 1. The molecule has 21 heavy (non-hydrogen) atoms. The van der Waals surface area contributed by atoms with Crippen molar-refractivity contribution in [2.24, 2.45) is 11.7 Å². The van der Waals surface area contributed by atoms with Crippen LogP contribution in [-0.2, 0) is 6.42 Å². The summed E-state index contributed by atoms with van der Waals surface area (Å²) in [6, 6.07) is 7.73. The number of nitrogens with zero attached hydrogens (tertiary/aromatic N) is 1. The van der Waals surface area contributed by atoms with Crippen molar-refractivity contribution in [1.29, 1.82) is 0 Å². The van der Waals surface area contributed by atoms with Crippen LogP contribution in [0.2, 0.25) is 0 Å². The molecule has 1 aromatic carbocycles. The largest absolute Gasteiger partial charge is 0.369 e. The smallest absolute Gasteiger partial charge is 0.0371 e. The molecule has 0 aliphatic heterocycles. The van der Waals surface area contributed by atoms with Crippen molar-refractivity contribution in [3.05, 3.63) is 29.3 Å². The van der Waals surface area contributed by atoms with E-state index in [9.17, 15) is 0 Å². The Morgan fingerprint density at radius 2 is 1.95 bits per heavy atom. The Morgan fingerprint density at radius 1 is 1.24 bits per heavy atom. The molecule has 1 fully saturated rings. The molecule has 1 aliphatic rings. The molecular weight excluding hydrogens is 256 g/mol. The Kier molecular flexibility index (Phi) is 6.10. The summed E-state index contributed by atoms with van der Waals surface area (Å²) in [6.07, 6.45) is 7.78. The second kappa shape index (κ2) is 7.84. The number of anilines is 1. The Morgan fingerprint density at radius 3 is 2.52 bits per heavy atom. The summed E-state index contributed by atoms with van der Waals surface area (Å²) in [5, 5.41) is 0. The molecule has 2 heteroatoms. The van der Waals surface area contributed by atoms with Crippen LogP contribution in [0.15, 0.2) is 18.2 Å². The molecule has 1 saturated carbocycles. The topological polar surface area (TPSA) is 29.3 Å². The molecular formula is C19H32N2. The minimum absolute atomic E-state index is 0.736. The van der Waals surface area contributed by atoms with Crippen molar-refractivity contribution in [3.8, 4) is 0 Å². The molecule has 0 unspecified atom stereocenters. The lowest BCUT2D eigenvalue weighted by Gasteiger charge is -2.32. The third kappa shape index (κ3) is 4.47. The van der Waals surface area contributed by atoms with Crippen LogP contribution in [0.4, 0.5) is 5.69 Å². The fraction of sp³-hybridized carbons (Fsp3) is 0.684. The van der Waals surface area contributed by atoms with Gasteiger partial charge in [-0.3, -0.25) is 0 Å². The first kappa shape index (κ1) is 16.4. The summed E-state index contributed by atoms with van der Waals surface area (Å²) >= 11 is 0. The number of rotatable bonds is 7. The van der Waals surface area contributed by atoms with Gasteiger partial charge in [-0.1, -0.05) is 32.8 Å². The van der Waals surface area contributed by atoms with E-state index in [1.165, 1.54) is 55.5 Å². The number of aryl methyl sites for hydroxylation is 1. The monoisotopic (exact) mass is 288 g/mol. The molecule has 0 aromatic heterocycles. The second-order valence-corrected chi connectivity index (χ2v) is 6.96. The van der Waals surface area contributed by atoms with Crippen molar-refractivity contribution in [3.63, 3.8) is 0 Å². The van der Waals surface area contributed by atoms with E-state index in [-0.39, 0.29) is 0 Å².